The van der Waals surface area contributed by atoms with Gasteiger partial charge in [0.25, 0.3) is 5.56 Å². The highest BCUT2D eigenvalue weighted by Crippen LogP contribution is 2.43. The van der Waals surface area contributed by atoms with Crippen LogP contribution in [0.5, 0.6) is 0 Å². The van der Waals surface area contributed by atoms with E-state index in [4.69, 9.17) is 4.74 Å². The zero-order valence-electron chi connectivity index (χ0n) is 17.9. The van der Waals surface area contributed by atoms with Gasteiger partial charge in [0, 0.05) is 81.1 Å². The maximum Gasteiger partial charge on any atom is 0.251 e. The second-order valence-corrected chi connectivity index (χ2v) is 9.75. The molecule has 0 radical (unpaired) electrons. The predicted octanol–water partition coefficient (Wildman–Crippen LogP) is 0.847. The summed E-state index contributed by atoms with van der Waals surface area (Å²) in [6, 6.07) is 5.07. The van der Waals surface area contributed by atoms with Crippen molar-refractivity contribution >= 4 is 5.91 Å². The first-order valence-electron chi connectivity index (χ1n) is 11.3. The van der Waals surface area contributed by atoms with E-state index >= 15 is 0 Å². The molecule has 0 aliphatic carbocycles. The summed E-state index contributed by atoms with van der Waals surface area (Å²) >= 11 is 0. The fraction of sp³-hybridized carbons (Fsp3) is 0.609. The molecule has 3 fully saturated rings. The Labute approximate surface area is 181 Å². The van der Waals surface area contributed by atoms with Crippen LogP contribution >= 0.6 is 0 Å². The van der Waals surface area contributed by atoms with E-state index in [-0.39, 0.29) is 23.3 Å². The molecule has 2 aromatic heterocycles. The number of rotatable bonds is 3. The molecule has 0 N–H and O–H groups in total. The number of amides is 1. The number of ether oxygens (including phenoxy) is 1. The largest absolute Gasteiger partial charge is 0.381 e. The van der Waals surface area contributed by atoms with Crippen LogP contribution in [0.1, 0.15) is 29.9 Å². The fourth-order valence-electron chi connectivity index (χ4n) is 6.28. The number of carbonyl (C=O) groups is 1. The SMILES string of the molecule is Cn1ccnc1CN1C[C@@H]2C[C@H](C1)[C@H](C(=O)N1C[C@H]3COC[C@H]3C1)n1c2cccc1=O. The van der Waals surface area contributed by atoms with E-state index in [0.29, 0.717) is 11.8 Å². The number of pyridine rings is 1. The highest BCUT2D eigenvalue weighted by atomic mass is 16.5. The number of hydrogen-bond acceptors (Lipinski definition) is 5. The molecule has 0 unspecified atom stereocenters. The molecule has 6 heterocycles. The number of carbonyl (C=O) groups excluding carboxylic acids is 1. The van der Waals surface area contributed by atoms with E-state index in [9.17, 15) is 9.59 Å². The number of aromatic nitrogens is 3. The lowest BCUT2D eigenvalue weighted by molar-refractivity contribution is -0.138. The number of imidazole rings is 1. The van der Waals surface area contributed by atoms with Crippen molar-refractivity contribution in [2.75, 3.05) is 39.4 Å². The van der Waals surface area contributed by atoms with E-state index in [1.165, 1.54) is 0 Å². The highest BCUT2D eigenvalue weighted by molar-refractivity contribution is 5.81. The Balaban J connectivity index is 1.32. The molecule has 4 aliphatic rings. The maximum atomic E-state index is 13.8. The summed E-state index contributed by atoms with van der Waals surface area (Å²) in [5.74, 6) is 2.43. The Hall–Kier alpha value is -2.45. The van der Waals surface area contributed by atoms with Gasteiger partial charge in [-0.3, -0.25) is 19.1 Å². The summed E-state index contributed by atoms with van der Waals surface area (Å²) in [6.45, 7) is 5.47. The standard InChI is InChI=1S/C23H29N5O3/c1-25-6-5-24-20(25)12-26-8-15-7-16(9-26)22(28-19(15)3-2-4-21(28)29)23(30)27-10-17-13-31-14-18(17)11-27/h2-6,15-18,22H,7-14H2,1H3/t15-,16+,17-,18+,22+/m0/s1. The average molecular weight is 424 g/mol. The smallest absolute Gasteiger partial charge is 0.251 e. The van der Waals surface area contributed by atoms with Gasteiger partial charge in [0.2, 0.25) is 5.91 Å². The van der Waals surface area contributed by atoms with Crippen molar-refractivity contribution in [1.29, 1.82) is 0 Å². The van der Waals surface area contributed by atoms with Gasteiger partial charge in [0.1, 0.15) is 11.9 Å². The molecule has 1 amide bonds. The van der Waals surface area contributed by atoms with Gasteiger partial charge in [0.05, 0.1) is 19.8 Å². The summed E-state index contributed by atoms with van der Waals surface area (Å²) < 4.78 is 9.47. The Morgan fingerprint density at radius 1 is 1.13 bits per heavy atom. The average Bonchev–Trinajstić information content (AvgIpc) is 3.46. The molecule has 2 aromatic rings. The Bertz CT molecular complexity index is 1050. The topological polar surface area (TPSA) is 72.6 Å². The minimum atomic E-state index is -0.413. The molecule has 31 heavy (non-hydrogen) atoms. The number of aryl methyl sites for hydroxylation is 1. The summed E-state index contributed by atoms with van der Waals surface area (Å²) in [6.07, 6.45) is 4.76. The summed E-state index contributed by atoms with van der Waals surface area (Å²) in [5.41, 5.74) is 0.959. The molecule has 6 rings (SSSR count). The molecule has 0 spiro atoms. The Morgan fingerprint density at radius 2 is 1.94 bits per heavy atom. The van der Waals surface area contributed by atoms with Crippen molar-refractivity contribution in [3.05, 3.63) is 52.5 Å². The van der Waals surface area contributed by atoms with E-state index in [1.807, 2.05) is 41.0 Å². The second-order valence-electron chi connectivity index (χ2n) is 9.75. The molecular formula is C23H29N5O3. The van der Waals surface area contributed by atoms with Crippen molar-refractivity contribution in [2.24, 2.45) is 24.8 Å². The van der Waals surface area contributed by atoms with Gasteiger partial charge in [0.15, 0.2) is 0 Å². The molecule has 4 aliphatic heterocycles. The number of hydrogen-bond donors (Lipinski definition) is 0. The molecule has 2 bridgehead atoms. The number of likely N-dealkylation sites (tertiary alicyclic amines) is 2. The lowest BCUT2D eigenvalue weighted by Crippen LogP contribution is -2.53. The minimum absolute atomic E-state index is 0.0502. The molecule has 164 valence electrons. The van der Waals surface area contributed by atoms with E-state index in [2.05, 4.69) is 14.5 Å². The maximum absolute atomic E-state index is 13.8. The first-order valence-corrected chi connectivity index (χ1v) is 11.3. The van der Waals surface area contributed by atoms with Crippen molar-refractivity contribution in [3.8, 4) is 0 Å². The van der Waals surface area contributed by atoms with Crippen LogP contribution in [-0.4, -0.2) is 69.2 Å². The van der Waals surface area contributed by atoms with Crippen LogP contribution in [0, 0.1) is 17.8 Å². The third-order valence-electron chi connectivity index (χ3n) is 7.81. The monoisotopic (exact) mass is 423 g/mol. The van der Waals surface area contributed by atoms with Crippen LogP contribution in [0.2, 0.25) is 0 Å². The highest BCUT2D eigenvalue weighted by Gasteiger charge is 2.47. The Morgan fingerprint density at radius 3 is 2.68 bits per heavy atom. The van der Waals surface area contributed by atoms with Crippen LogP contribution < -0.4 is 5.56 Å². The van der Waals surface area contributed by atoms with E-state index in [1.54, 1.807) is 6.07 Å². The quantitative estimate of drug-likeness (QED) is 0.732. The van der Waals surface area contributed by atoms with Gasteiger partial charge in [-0.1, -0.05) is 6.07 Å². The molecule has 8 heteroatoms. The number of fused-ring (bicyclic) bond motifs is 5. The predicted molar refractivity (Wildman–Crippen MR) is 113 cm³/mol. The van der Waals surface area contributed by atoms with E-state index < -0.39 is 6.04 Å². The van der Waals surface area contributed by atoms with Gasteiger partial charge in [-0.15, -0.1) is 0 Å². The minimum Gasteiger partial charge on any atom is -0.381 e. The third-order valence-corrected chi connectivity index (χ3v) is 7.81. The van der Waals surface area contributed by atoms with Crippen LogP contribution in [0.15, 0.2) is 35.4 Å². The lowest BCUT2D eigenvalue weighted by Gasteiger charge is -2.47. The molecule has 0 aromatic carbocycles. The third kappa shape index (κ3) is 3.15. The summed E-state index contributed by atoms with van der Waals surface area (Å²) in [7, 11) is 2.02. The lowest BCUT2D eigenvalue weighted by atomic mass is 9.78. The molecular weight excluding hydrogens is 394 g/mol. The number of piperidine rings is 1. The van der Waals surface area contributed by atoms with Crippen LogP contribution in [-0.2, 0) is 23.1 Å². The van der Waals surface area contributed by atoms with Crippen LogP contribution in [0.4, 0.5) is 0 Å². The molecule has 5 atom stereocenters. The van der Waals surface area contributed by atoms with Crippen molar-refractivity contribution in [3.63, 3.8) is 0 Å². The Kier molecular flexibility index (Phi) is 4.54. The van der Waals surface area contributed by atoms with Crippen LogP contribution in [0.25, 0.3) is 0 Å². The zero-order valence-corrected chi connectivity index (χ0v) is 17.9. The normalized spacial score (nSPS) is 32.2. The summed E-state index contributed by atoms with van der Waals surface area (Å²) in [5, 5.41) is 0. The van der Waals surface area contributed by atoms with Gasteiger partial charge in [-0.05, 0) is 12.5 Å². The van der Waals surface area contributed by atoms with Gasteiger partial charge < -0.3 is 14.2 Å². The van der Waals surface area contributed by atoms with Gasteiger partial charge in [-0.2, -0.15) is 0 Å². The zero-order chi connectivity index (χ0) is 21.1. The fourth-order valence-corrected chi connectivity index (χ4v) is 6.28. The van der Waals surface area contributed by atoms with Crippen molar-refractivity contribution < 1.29 is 9.53 Å². The molecule has 0 saturated carbocycles. The van der Waals surface area contributed by atoms with Crippen molar-refractivity contribution in [1.82, 2.24) is 23.9 Å². The molecule has 8 nitrogen and oxygen atoms in total. The van der Waals surface area contributed by atoms with Gasteiger partial charge in [-0.25, -0.2) is 4.98 Å². The first-order chi connectivity index (χ1) is 15.1. The van der Waals surface area contributed by atoms with Gasteiger partial charge >= 0.3 is 0 Å². The number of nitrogens with zero attached hydrogens (tertiary/aromatic N) is 5. The van der Waals surface area contributed by atoms with E-state index in [0.717, 1.165) is 63.9 Å². The molecule has 3 saturated heterocycles. The van der Waals surface area contributed by atoms with Crippen molar-refractivity contribution in [2.45, 2.75) is 24.9 Å². The second kappa shape index (κ2) is 7.31. The van der Waals surface area contributed by atoms with Crippen LogP contribution in [0.3, 0.4) is 0 Å². The first kappa shape index (κ1) is 19.3. The summed E-state index contributed by atoms with van der Waals surface area (Å²) in [4.78, 5) is 35.7.